The van der Waals surface area contributed by atoms with Gasteiger partial charge in [0.25, 0.3) is 0 Å². The normalized spacial score (nSPS) is 20.0. The Labute approximate surface area is 142 Å². The van der Waals surface area contributed by atoms with E-state index in [4.69, 9.17) is 0 Å². The fraction of sp³-hybridized carbons (Fsp3) is 0.438. The van der Waals surface area contributed by atoms with Crippen LogP contribution in [0.4, 0.5) is 0 Å². The third-order valence-electron chi connectivity index (χ3n) is 3.94. The van der Waals surface area contributed by atoms with Crippen molar-refractivity contribution in [1.29, 1.82) is 0 Å². The summed E-state index contributed by atoms with van der Waals surface area (Å²) in [5.74, 6) is 0.0645. The highest BCUT2D eigenvalue weighted by Gasteiger charge is 2.30. The molecule has 1 aromatic carbocycles. The van der Waals surface area contributed by atoms with Crippen LogP contribution in [0.1, 0.15) is 30.6 Å². The zero-order valence-corrected chi connectivity index (χ0v) is 13.9. The first kappa shape index (κ1) is 17.4. The molecule has 23 heavy (non-hydrogen) atoms. The van der Waals surface area contributed by atoms with Crippen molar-refractivity contribution in [3.8, 4) is 0 Å². The Bertz CT molecular complexity index is 630. The zero-order valence-electron chi connectivity index (χ0n) is 13.1. The minimum Gasteiger partial charge on any atom is -0.355 e. The molecule has 124 valence electrons. The lowest BCUT2D eigenvalue weighted by Crippen LogP contribution is -2.40. The molecule has 1 saturated heterocycles. The Morgan fingerprint density at radius 3 is 2.91 bits per heavy atom. The second-order valence-corrected chi connectivity index (χ2v) is 5.60. The molecule has 0 unspecified atom stereocenters. The van der Waals surface area contributed by atoms with E-state index in [2.05, 4.69) is 33.1 Å². The number of halogens is 1. The molecule has 1 amide bonds. The number of rotatable bonds is 5. The Balaban J connectivity index is 0.00000192. The van der Waals surface area contributed by atoms with Crippen molar-refractivity contribution in [2.75, 3.05) is 13.1 Å². The Kier molecular flexibility index (Phi) is 6.12. The van der Waals surface area contributed by atoms with Crippen LogP contribution in [0.15, 0.2) is 36.5 Å². The Morgan fingerprint density at radius 2 is 2.17 bits per heavy atom. The molecule has 1 fully saturated rings. The molecule has 2 N–H and O–H groups in total. The minimum absolute atomic E-state index is 0. The first-order valence-electron chi connectivity index (χ1n) is 7.72. The summed E-state index contributed by atoms with van der Waals surface area (Å²) in [5, 5.41) is 14.6. The summed E-state index contributed by atoms with van der Waals surface area (Å²) in [4.78, 5) is 11.8. The van der Waals surface area contributed by atoms with E-state index in [-0.39, 0.29) is 30.4 Å². The van der Waals surface area contributed by atoms with Crippen molar-refractivity contribution in [2.24, 2.45) is 0 Å². The summed E-state index contributed by atoms with van der Waals surface area (Å²) in [5.41, 5.74) is 2.17. The summed E-state index contributed by atoms with van der Waals surface area (Å²) >= 11 is 0. The number of nitrogens with zero attached hydrogens (tertiary/aromatic N) is 3. The fourth-order valence-corrected chi connectivity index (χ4v) is 2.79. The molecule has 7 heteroatoms. The van der Waals surface area contributed by atoms with Crippen molar-refractivity contribution in [2.45, 2.75) is 31.8 Å². The van der Waals surface area contributed by atoms with Gasteiger partial charge in [0.1, 0.15) is 0 Å². The SMILES string of the molecule is CCNC(=O)[C@@H]1C[C@H](n2cc(Cc3ccccc3)nn2)CN1.Cl. The van der Waals surface area contributed by atoms with E-state index in [0.29, 0.717) is 6.54 Å². The van der Waals surface area contributed by atoms with Gasteiger partial charge in [-0.1, -0.05) is 35.5 Å². The number of likely N-dealkylation sites (N-methyl/N-ethyl adjacent to an activating group) is 1. The van der Waals surface area contributed by atoms with Gasteiger partial charge in [0.2, 0.25) is 5.91 Å². The molecule has 0 aliphatic carbocycles. The van der Waals surface area contributed by atoms with Gasteiger partial charge in [0, 0.05) is 25.7 Å². The van der Waals surface area contributed by atoms with Crippen LogP contribution >= 0.6 is 12.4 Å². The highest BCUT2D eigenvalue weighted by molar-refractivity contribution is 5.85. The largest absolute Gasteiger partial charge is 0.355 e. The number of benzene rings is 1. The van der Waals surface area contributed by atoms with Crippen molar-refractivity contribution >= 4 is 18.3 Å². The van der Waals surface area contributed by atoms with E-state index in [1.54, 1.807) is 0 Å². The van der Waals surface area contributed by atoms with E-state index in [1.165, 1.54) is 5.56 Å². The first-order valence-corrected chi connectivity index (χ1v) is 7.72. The van der Waals surface area contributed by atoms with Crippen molar-refractivity contribution in [3.05, 3.63) is 47.8 Å². The molecule has 1 aromatic heterocycles. The smallest absolute Gasteiger partial charge is 0.237 e. The molecule has 0 radical (unpaired) electrons. The summed E-state index contributed by atoms with van der Waals surface area (Å²) < 4.78 is 1.88. The number of carbonyl (C=O) groups is 1. The van der Waals surface area contributed by atoms with Crippen LogP contribution in [0.5, 0.6) is 0 Å². The molecule has 1 aliphatic rings. The molecule has 6 nitrogen and oxygen atoms in total. The van der Waals surface area contributed by atoms with Crippen LogP contribution in [0.2, 0.25) is 0 Å². The number of carbonyl (C=O) groups excluding carboxylic acids is 1. The van der Waals surface area contributed by atoms with Gasteiger partial charge in [-0.2, -0.15) is 0 Å². The molecule has 1 aliphatic heterocycles. The fourth-order valence-electron chi connectivity index (χ4n) is 2.79. The Hall–Kier alpha value is -1.92. The van der Waals surface area contributed by atoms with Gasteiger partial charge >= 0.3 is 0 Å². The maximum absolute atomic E-state index is 11.8. The van der Waals surface area contributed by atoms with Crippen molar-refractivity contribution in [3.63, 3.8) is 0 Å². The number of aromatic nitrogens is 3. The van der Waals surface area contributed by atoms with Crippen LogP contribution in [-0.2, 0) is 11.2 Å². The molecule has 0 saturated carbocycles. The molecule has 2 aromatic rings. The van der Waals surface area contributed by atoms with E-state index >= 15 is 0 Å². The van der Waals surface area contributed by atoms with Gasteiger partial charge in [-0.05, 0) is 18.9 Å². The molecule has 2 heterocycles. The van der Waals surface area contributed by atoms with Crippen LogP contribution in [-0.4, -0.2) is 40.0 Å². The summed E-state index contributed by atoms with van der Waals surface area (Å²) in [6, 6.07) is 10.3. The first-order chi connectivity index (χ1) is 10.8. The predicted octanol–water partition coefficient (Wildman–Crippen LogP) is 1.33. The van der Waals surface area contributed by atoms with E-state index in [0.717, 1.165) is 25.1 Å². The van der Waals surface area contributed by atoms with Gasteiger partial charge in [-0.3, -0.25) is 4.79 Å². The Morgan fingerprint density at radius 1 is 1.39 bits per heavy atom. The molecule has 0 spiro atoms. The maximum Gasteiger partial charge on any atom is 0.237 e. The molecule has 2 atom stereocenters. The quantitative estimate of drug-likeness (QED) is 0.864. The highest BCUT2D eigenvalue weighted by Crippen LogP contribution is 2.19. The van der Waals surface area contributed by atoms with E-state index < -0.39 is 0 Å². The van der Waals surface area contributed by atoms with Gasteiger partial charge in [-0.25, -0.2) is 4.68 Å². The summed E-state index contributed by atoms with van der Waals surface area (Å²) in [6.45, 7) is 3.33. The van der Waals surface area contributed by atoms with Crippen molar-refractivity contribution < 1.29 is 4.79 Å². The predicted molar refractivity (Wildman–Crippen MR) is 90.6 cm³/mol. The standard InChI is InChI=1S/C16H21N5O.ClH/c1-2-17-16(22)15-9-14(10-18-15)21-11-13(19-20-21)8-12-6-4-3-5-7-12;/h3-7,11,14-15,18H,2,8-10H2,1H3,(H,17,22);1H/t14-,15-;/m0./s1. The van der Waals surface area contributed by atoms with E-state index in [9.17, 15) is 4.79 Å². The highest BCUT2D eigenvalue weighted by atomic mass is 35.5. The number of nitrogens with one attached hydrogen (secondary N) is 2. The lowest BCUT2D eigenvalue weighted by molar-refractivity contribution is -0.122. The van der Waals surface area contributed by atoms with Gasteiger partial charge in [-0.15, -0.1) is 17.5 Å². The monoisotopic (exact) mass is 335 g/mol. The number of hydrogen-bond donors (Lipinski definition) is 2. The molecule has 3 rings (SSSR count). The number of hydrogen-bond acceptors (Lipinski definition) is 4. The lowest BCUT2D eigenvalue weighted by Gasteiger charge is -2.10. The second-order valence-electron chi connectivity index (χ2n) is 5.60. The second kappa shape index (κ2) is 8.08. The lowest BCUT2D eigenvalue weighted by atomic mass is 10.1. The van der Waals surface area contributed by atoms with Crippen LogP contribution in [0, 0.1) is 0 Å². The van der Waals surface area contributed by atoms with E-state index in [1.807, 2.05) is 36.0 Å². The maximum atomic E-state index is 11.8. The molecular weight excluding hydrogens is 314 g/mol. The van der Waals surface area contributed by atoms with Gasteiger partial charge in [0.05, 0.1) is 17.8 Å². The van der Waals surface area contributed by atoms with Gasteiger partial charge < -0.3 is 10.6 Å². The molecule has 0 bridgehead atoms. The molecular formula is C16H22ClN5O. The van der Waals surface area contributed by atoms with Gasteiger partial charge in [0.15, 0.2) is 0 Å². The average molecular weight is 336 g/mol. The van der Waals surface area contributed by atoms with Crippen LogP contribution in [0.3, 0.4) is 0 Å². The minimum atomic E-state index is -0.133. The zero-order chi connectivity index (χ0) is 15.4. The van der Waals surface area contributed by atoms with Crippen molar-refractivity contribution in [1.82, 2.24) is 25.6 Å². The average Bonchev–Trinajstić information content (AvgIpc) is 3.17. The summed E-state index contributed by atoms with van der Waals surface area (Å²) in [6.07, 6.45) is 3.51. The van der Waals surface area contributed by atoms with Crippen LogP contribution < -0.4 is 10.6 Å². The topological polar surface area (TPSA) is 71.8 Å². The third kappa shape index (κ3) is 4.30. The third-order valence-corrected chi connectivity index (χ3v) is 3.94. The number of amides is 1. The summed E-state index contributed by atoms with van der Waals surface area (Å²) in [7, 11) is 0. The van der Waals surface area contributed by atoms with Crippen LogP contribution in [0.25, 0.3) is 0 Å².